The zero-order chi connectivity index (χ0) is 18.4. The lowest BCUT2D eigenvalue weighted by Gasteiger charge is -2.11. The first-order chi connectivity index (χ1) is 11.9. The second-order valence-corrected chi connectivity index (χ2v) is 5.92. The molecule has 0 aliphatic heterocycles. The molecule has 5 nitrogen and oxygen atoms in total. The highest BCUT2D eigenvalue weighted by atomic mass is 35.5. The Balaban J connectivity index is 1.98. The van der Waals surface area contributed by atoms with Crippen molar-refractivity contribution >= 4 is 29.4 Å². The van der Waals surface area contributed by atoms with Crippen LogP contribution in [0.1, 0.15) is 15.9 Å². The lowest BCUT2D eigenvalue weighted by molar-refractivity contribution is -0.130. The molecule has 0 saturated heterocycles. The van der Waals surface area contributed by atoms with Crippen LogP contribution >= 0.6 is 11.6 Å². The first-order valence-corrected chi connectivity index (χ1v) is 7.88. The molecule has 0 unspecified atom stereocenters. The van der Waals surface area contributed by atoms with E-state index < -0.39 is 0 Å². The molecule has 25 heavy (non-hydrogen) atoms. The first-order valence-electron chi connectivity index (χ1n) is 7.51. The van der Waals surface area contributed by atoms with Crippen molar-refractivity contribution in [2.24, 2.45) is 0 Å². The van der Waals surface area contributed by atoms with Crippen LogP contribution in [-0.2, 0) is 4.79 Å². The molecule has 0 atom stereocenters. The highest BCUT2D eigenvalue weighted by Gasteiger charge is 2.06. The predicted octanol–water partition coefficient (Wildman–Crippen LogP) is 3.41. The zero-order valence-electron chi connectivity index (χ0n) is 13.9. The summed E-state index contributed by atoms with van der Waals surface area (Å²) in [6.45, 7) is -0.0538. The van der Waals surface area contributed by atoms with Gasteiger partial charge in [0.1, 0.15) is 11.5 Å². The monoisotopic (exact) mass is 359 g/mol. The number of halogens is 1. The molecule has 6 heteroatoms. The smallest absolute Gasteiger partial charge is 0.259 e. The van der Waals surface area contributed by atoms with Gasteiger partial charge in [0.15, 0.2) is 12.4 Å². The lowest BCUT2D eigenvalue weighted by Crippen LogP contribution is -2.27. The molecule has 1 amide bonds. The number of hydrogen-bond acceptors (Lipinski definition) is 4. The van der Waals surface area contributed by atoms with Crippen LogP contribution in [0.2, 0.25) is 5.02 Å². The molecule has 2 rings (SSSR count). The van der Waals surface area contributed by atoms with Gasteiger partial charge in [0.2, 0.25) is 0 Å². The molecule has 0 fully saturated rings. The van der Waals surface area contributed by atoms with Gasteiger partial charge in [-0.05, 0) is 48.0 Å². The fraction of sp³-hybridized carbons (Fsp3) is 0.158. The van der Waals surface area contributed by atoms with Crippen LogP contribution in [0, 0.1) is 0 Å². The highest BCUT2D eigenvalue weighted by molar-refractivity contribution is 6.32. The average Bonchev–Trinajstić information content (AvgIpc) is 2.60. The number of ketones is 1. The summed E-state index contributed by atoms with van der Waals surface area (Å²) in [5.74, 6) is 0.185. The van der Waals surface area contributed by atoms with Crippen molar-refractivity contribution in [3.8, 4) is 11.5 Å². The molecule has 0 spiro atoms. The van der Waals surface area contributed by atoms with E-state index in [2.05, 4.69) is 0 Å². The van der Waals surface area contributed by atoms with Crippen LogP contribution in [0.5, 0.6) is 11.5 Å². The largest absolute Gasteiger partial charge is 0.506 e. The minimum absolute atomic E-state index is 0.00604. The van der Waals surface area contributed by atoms with Gasteiger partial charge < -0.3 is 14.7 Å². The maximum Gasteiger partial charge on any atom is 0.259 e. The van der Waals surface area contributed by atoms with Crippen molar-refractivity contribution in [2.45, 2.75) is 0 Å². The Hall–Kier alpha value is -2.79. The summed E-state index contributed by atoms with van der Waals surface area (Å²) >= 11 is 5.83. The number of nitrogens with zero attached hydrogens (tertiary/aromatic N) is 1. The highest BCUT2D eigenvalue weighted by Crippen LogP contribution is 2.24. The van der Waals surface area contributed by atoms with Gasteiger partial charge in [0, 0.05) is 19.7 Å². The Kier molecular flexibility index (Phi) is 6.19. The maximum absolute atomic E-state index is 12.2. The minimum Gasteiger partial charge on any atom is -0.506 e. The Labute approximate surface area is 151 Å². The van der Waals surface area contributed by atoms with E-state index in [9.17, 15) is 14.7 Å². The number of hydrogen-bond donors (Lipinski definition) is 1. The normalized spacial score (nSPS) is 10.7. The number of phenolic OH excluding ortho intramolecular Hbond substituents is 1. The van der Waals surface area contributed by atoms with Gasteiger partial charge in [-0.3, -0.25) is 9.59 Å². The summed E-state index contributed by atoms with van der Waals surface area (Å²) in [5.41, 5.74) is 1.20. The fourth-order valence-electron chi connectivity index (χ4n) is 1.88. The molecule has 0 heterocycles. The third-order valence-electron chi connectivity index (χ3n) is 3.40. The Morgan fingerprint density at radius 1 is 1.16 bits per heavy atom. The van der Waals surface area contributed by atoms with E-state index >= 15 is 0 Å². The van der Waals surface area contributed by atoms with Crippen molar-refractivity contribution in [3.05, 3.63) is 64.7 Å². The summed E-state index contributed by atoms with van der Waals surface area (Å²) < 4.78 is 5.36. The summed E-state index contributed by atoms with van der Waals surface area (Å²) in [6.07, 6.45) is 3.04. The average molecular weight is 360 g/mol. The van der Waals surface area contributed by atoms with E-state index in [1.807, 2.05) is 0 Å². The molecule has 2 aromatic rings. The van der Waals surface area contributed by atoms with Crippen molar-refractivity contribution < 1.29 is 19.4 Å². The Morgan fingerprint density at radius 3 is 2.44 bits per heavy atom. The quantitative estimate of drug-likeness (QED) is 0.634. The van der Waals surface area contributed by atoms with E-state index in [4.69, 9.17) is 16.3 Å². The number of likely N-dealkylation sites (N-methyl/N-ethyl adjacent to an activating group) is 1. The van der Waals surface area contributed by atoms with Gasteiger partial charge in [-0.2, -0.15) is 0 Å². The van der Waals surface area contributed by atoms with Gasteiger partial charge in [-0.1, -0.05) is 23.7 Å². The number of rotatable bonds is 6. The van der Waals surface area contributed by atoms with E-state index in [1.165, 1.54) is 17.0 Å². The molecule has 0 bridgehead atoms. The predicted molar refractivity (Wildman–Crippen MR) is 97.1 cm³/mol. The van der Waals surface area contributed by atoms with Crippen LogP contribution < -0.4 is 4.74 Å². The molecule has 0 aliphatic rings. The van der Waals surface area contributed by atoms with Crippen molar-refractivity contribution in [2.75, 3.05) is 20.7 Å². The number of carbonyl (C=O) groups excluding carboxylic acids is 2. The Morgan fingerprint density at radius 2 is 1.84 bits per heavy atom. The van der Waals surface area contributed by atoms with Gasteiger partial charge in [0.05, 0.1) is 5.02 Å². The van der Waals surface area contributed by atoms with Gasteiger partial charge in [-0.25, -0.2) is 0 Å². The number of amides is 1. The number of ether oxygens (including phenoxy) is 1. The Bertz CT molecular complexity index is 798. The summed E-state index contributed by atoms with van der Waals surface area (Å²) in [5, 5.41) is 9.60. The van der Waals surface area contributed by atoms with Gasteiger partial charge >= 0.3 is 0 Å². The standard InChI is InChI=1S/C19H18ClNO4/c1-21(2)19(24)12-25-15-7-5-14(6-8-15)17(22)9-3-13-4-10-18(23)16(20)11-13/h3-11,23H,12H2,1-2H3. The molecule has 130 valence electrons. The topological polar surface area (TPSA) is 66.8 Å². The van der Waals surface area contributed by atoms with Gasteiger partial charge in [0.25, 0.3) is 5.91 Å². The van der Waals surface area contributed by atoms with Crippen LogP contribution in [0.3, 0.4) is 0 Å². The second-order valence-electron chi connectivity index (χ2n) is 5.51. The number of carbonyl (C=O) groups is 2. The molecular weight excluding hydrogens is 342 g/mol. The van der Waals surface area contributed by atoms with Crippen LogP contribution in [-0.4, -0.2) is 42.4 Å². The van der Waals surface area contributed by atoms with Crippen molar-refractivity contribution in [1.29, 1.82) is 0 Å². The fourth-order valence-corrected chi connectivity index (χ4v) is 2.07. The number of aromatic hydroxyl groups is 1. The number of allylic oxidation sites excluding steroid dienone is 1. The number of phenols is 1. The second kappa shape index (κ2) is 8.35. The molecule has 0 aromatic heterocycles. The maximum atomic E-state index is 12.2. The van der Waals surface area contributed by atoms with Crippen LogP contribution in [0.25, 0.3) is 6.08 Å². The van der Waals surface area contributed by atoms with E-state index in [0.717, 1.165) is 0 Å². The zero-order valence-corrected chi connectivity index (χ0v) is 14.7. The number of benzene rings is 2. The van der Waals surface area contributed by atoms with E-state index in [1.54, 1.807) is 56.6 Å². The molecule has 2 aromatic carbocycles. The summed E-state index contributed by atoms with van der Waals surface area (Å²) in [7, 11) is 3.31. The third kappa shape index (κ3) is 5.36. The van der Waals surface area contributed by atoms with E-state index in [-0.39, 0.29) is 29.1 Å². The van der Waals surface area contributed by atoms with Crippen molar-refractivity contribution in [1.82, 2.24) is 4.90 Å². The molecular formula is C19H18ClNO4. The van der Waals surface area contributed by atoms with Crippen LogP contribution in [0.15, 0.2) is 48.5 Å². The summed E-state index contributed by atoms with van der Waals surface area (Å²) in [6, 6.07) is 11.2. The molecule has 0 aliphatic carbocycles. The van der Waals surface area contributed by atoms with Crippen molar-refractivity contribution in [3.63, 3.8) is 0 Å². The lowest BCUT2D eigenvalue weighted by atomic mass is 10.1. The van der Waals surface area contributed by atoms with Gasteiger partial charge in [-0.15, -0.1) is 0 Å². The minimum atomic E-state index is -0.180. The SMILES string of the molecule is CN(C)C(=O)COc1ccc(C(=O)C=Cc2ccc(O)c(Cl)c2)cc1. The molecule has 1 N–H and O–H groups in total. The molecule has 0 radical (unpaired) electrons. The third-order valence-corrected chi connectivity index (χ3v) is 3.70. The molecule has 0 saturated carbocycles. The first kappa shape index (κ1) is 18.5. The summed E-state index contributed by atoms with van der Waals surface area (Å²) in [4.78, 5) is 25.1. The van der Waals surface area contributed by atoms with Crippen LogP contribution in [0.4, 0.5) is 0 Å². The van der Waals surface area contributed by atoms with E-state index in [0.29, 0.717) is 16.9 Å².